The van der Waals surface area contributed by atoms with Gasteiger partial charge >= 0.3 is 0 Å². The van der Waals surface area contributed by atoms with E-state index in [4.69, 9.17) is 22.9 Å². The molecule has 4 heteroatoms. The Hall–Kier alpha value is -1.16. The first-order chi connectivity index (χ1) is 10.1. The highest BCUT2D eigenvalue weighted by Crippen LogP contribution is 2.26. The van der Waals surface area contributed by atoms with Crippen molar-refractivity contribution < 1.29 is 0 Å². The Morgan fingerprint density at radius 3 is 2.90 bits per heavy atom. The van der Waals surface area contributed by atoms with Gasteiger partial charge in [-0.15, -0.1) is 0 Å². The molecule has 1 aliphatic rings. The maximum Gasteiger partial charge on any atom is 0.136 e. The van der Waals surface area contributed by atoms with Crippen LogP contribution in [0.2, 0.25) is 0 Å². The molecule has 0 fully saturated rings. The Balaban J connectivity index is 2.03. The Morgan fingerprint density at radius 2 is 2.19 bits per heavy atom. The predicted octanol–water partition coefficient (Wildman–Crippen LogP) is 3.98. The molecule has 3 nitrogen and oxygen atoms in total. The molecule has 1 aromatic rings. The molecular weight excluding hydrogens is 278 g/mol. The molecule has 1 atom stereocenters. The molecule has 21 heavy (non-hydrogen) atoms. The van der Waals surface area contributed by atoms with Crippen LogP contribution in [0.3, 0.4) is 0 Å². The monoisotopic (exact) mass is 305 g/mol. The van der Waals surface area contributed by atoms with E-state index in [2.05, 4.69) is 25.2 Å². The van der Waals surface area contributed by atoms with Crippen LogP contribution < -0.4 is 11.1 Å². The summed E-state index contributed by atoms with van der Waals surface area (Å²) in [5.41, 5.74) is 9.32. The topological polar surface area (TPSA) is 50.9 Å². The molecule has 0 spiro atoms. The summed E-state index contributed by atoms with van der Waals surface area (Å²) >= 11 is 5.19. The summed E-state index contributed by atoms with van der Waals surface area (Å²) in [7, 11) is 0. The molecule has 0 amide bonds. The fourth-order valence-corrected chi connectivity index (χ4v) is 3.11. The van der Waals surface area contributed by atoms with Gasteiger partial charge in [-0.3, -0.25) is 0 Å². The van der Waals surface area contributed by atoms with Crippen LogP contribution >= 0.6 is 12.2 Å². The number of hydrogen-bond donors (Lipinski definition) is 2. The molecule has 116 valence electrons. The van der Waals surface area contributed by atoms with Gasteiger partial charge in [0.05, 0.1) is 5.56 Å². The number of pyridine rings is 1. The number of aryl methyl sites for hydroxylation is 2. The molecule has 3 N–H and O–H groups in total. The van der Waals surface area contributed by atoms with Gasteiger partial charge < -0.3 is 11.1 Å². The molecule has 0 aliphatic heterocycles. The number of thiocarbonyl (C=S) groups is 1. The van der Waals surface area contributed by atoms with Crippen molar-refractivity contribution in [3.8, 4) is 0 Å². The molecule has 0 saturated heterocycles. The third-order valence-electron chi connectivity index (χ3n) is 4.19. The Morgan fingerprint density at radius 1 is 1.38 bits per heavy atom. The normalized spacial score (nSPS) is 14.8. The molecule has 0 aromatic carbocycles. The lowest BCUT2D eigenvalue weighted by molar-refractivity contribution is 0.593. The lowest BCUT2D eigenvalue weighted by Gasteiger charge is -2.18. The zero-order chi connectivity index (χ0) is 15.2. The molecule has 1 heterocycles. The average molecular weight is 305 g/mol. The predicted molar refractivity (Wildman–Crippen MR) is 94.0 cm³/mol. The van der Waals surface area contributed by atoms with Crippen molar-refractivity contribution in [2.24, 2.45) is 5.73 Å². The van der Waals surface area contributed by atoms with Crippen LogP contribution in [0.1, 0.15) is 69.2 Å². The summed E-state index contributed by atoms with van der Waals surface area (Å²) < 4.78 is 0. The van der Waals surface area contributed by atoms with Gasteiger partial charge in [0.25, 0.3) is 0 Å². The number of fused-ring (bicyclic) bond motifs is 1. The number of anilines is 1. The summed E-state index contributed by atoms with van der Waals surface area (Å²) in [6, 6.07) is 2.55. The van der Waals surface area contributed by atoms with Crippen LogP contribution in [0.5, 0.6) is 0 Å². The second-order valence-electron chi connectivity index (χ2n) is 6.10. The minimum atomic E-state index is 0.405. The van der Waals surface area contributed by atoms with Crippen molar-refractivity contribution in [1.82, 2.24) is 4.98 Å². The number of nitrogens with one attached hydrogen (secondary N) is 1. The van der Waals surface area contributed by atoms with Crippen LogP contribution in [0, 0.1) is 0 Å². The Labute approximate surface area is 133 Å². The first kappa shape index (κ1) is 16.2. The van der Waals surface area contributed by atoms with Crippen LogP contribution in [-0.4, -0.2) is 16.0 Å². The van der Waals surface area contributed by atoms with Gasteiger partial charge in [-0.1, -0.05) is 44.8 Å². The standard InChI is InChI=1S/C17H27N3S/c1-3-4-5-6-8-12(2)19-17-14(16(18)21)11-13-9-7-10-15(13)20-17/h11-12H,3-10H2,1-2H3,(H2,18,21)(H,19,20). The zero-order valence-electron chi connectivity index (χ0n) is 13.2. The maximum absolute atomic E-state index is 5.88. The second kappa shape index (κ2) is 7.74. The zero-order valence-corrected chi connectivity index (χ0v) is 14.1. The van der Waals surface area contributed by atoms with E-state index < -0.39 is 0 Å². The minimum Gasteiger partial charge on any atom is -0.389 e. The highest BCUT2D eigenvalue weighted by Gasteiger charge is 2.18. The van der Waals surface area contributed by atoms with E-state index in [1.54, 1.807) is 0 Å². The van der Waals surface area contributed by atoms with Crippen LogP contribution in [0.25, 0.3) is 0 Å². The van der Waals surface area contributed by atoms with Crippen molar-refractivity contribution in [1.29, 1.82) is 0 Å². The summed E-state index contributed by atoms with van der Waals surface area (Å²) in [6.45, 7) is 4.45. The molecule has 0 radical (unpaired) electrons. The lowest BCUT2D eigenvalue weighted by atomic mass is 10.1. The molecule has 2 rings (SSSR count). The van der Waals surface area contributed by atoms with Crippen molar-refractivity contribution in [2.75, 3.05) is 5.32 Å². The van der Waals surface area contributed by atoms with E-state index in [0.29, 0.717) is 11.0 Å². The fraction of sp³-hybridized carbons (Fsp3) is 0.647. The minimum absolute atomic E-state index is 0.405. The van der Waals surface area contributed by atoms with E-state index in [9.17, 15) is 0 Å². The number of nitrogens with two attached hydrogens (primary N) is 1. The number of nitrogens with zero attached hydrogens (tertiary/aromatic N) is 1. The molecule has 0 saturated carbocycles. The number of rotatable bonds is 8. The molecule has 1 aliphatic carbocycles. The Kier molecular flexibility index (Phi) is 5.97. The van der Waals surface area contributed by atoms with Gasteiger partial charge in [0, 0.05) is 11.7 Å². The van der Waals surface area contributed by atoms with Crippen LogP contribution in [0.15, 0.2) is 6.07 Å². The van der Waals surface area contributed by atoms with Crippen molar-refractivity contribution in [2.45, 2.75) is 71.3 Å². The summed E-state index contributed by atoms with van der Waals surface area (Å²) in [4.78, 5) is 5.22. The van der Waals surface area contributed by atoms with E-state index in [1.807, 2.05) is 0 Å². The smallest absolute Gasteiger partial charge is 0.136 e. The molecular formula is C17H27N3S. The number of aromatic nitrogens is 1. The third-order valence-corrected chi connectivity index (χ3v) is 4.41. The van der Waals surface area contributed by atoms with Crippen molar-refractivity contribution in [3.05, 3.63) is 22.9 Å². The summed E-state index contributed by atoms with van der Waals surface area (Å²) in [5.74, 6) is 0.881. The maximum atomic E-state index is 5.88. The van der Waals surface area contributed by atoms with Crippen molar-refractivity contribution >= 4 is 23.0 Å². The third kappa shape index (κ3) is 4.40. The quantitative estimate of drug-likeness (QED) is 0.563. The van der Waals surface area contributed by atoms with Gasteiger partial charge in [0.2, 0.25) is 0 Å². The largest absolute Gasteiger partial charge is 0.389 e. The summed E-state index contributed by atoms with van der Waals surface area (Å²) in [6.07, 6.45) is 9.70. The van der Waals surface area contributed by atoms with Crippen molar-refractivity contribution in [3.63, 3.8) is 0 Å². The van der Waals surface area contributed by atoms with Gasteiger partial charge in [-0.05, 0) is 44.2 Å². The van der Waals surface area contributed by atoms with Crippen LogP contribution in [0.4, 0.5) is 5.82 Å². The van der Waals surface area contributed by atoms with Crippen LogP contribution in [-0.2, 0) is 12.8 Å². The molecule has 0 bridgehead atoms. The van der Waals surface area contributed by atoms with Gasteiger partial charge in [0.1, 0.15) is 10.8 Å². The van der Waals surface area contributed by atoms with E-state index >= 15 is 0 Å². The molecule has 1 aromatic heterocycles. The average Bonchev–Trinajstić information content (AvgIpc) is 2.89. The SMILES string of the molecule is CCCCCCC(C)Nc1nc2c(cc1C(N)=S)CCC2. The number of hydrogen-bond acceptors (Lipinski definition) is 3. The van der Waals surface area contributed by atoms with E-state index in [1.165, 1.54) is 43.4 Å². The second-order valence-corrected chi connectivity index (χ2v) is 6.54. The van der Waals surface area contributed by atoms with Gasteiger partial charge in [-0.25, -0.2) is 4.98 Å². The molecule has 1 unspecified atom stereocenters. The van der Waals surface area contributed by atoms with E-state index in [-0.39, 0.29) is 0 Å². The summed E-state index contributed by atoms with van der Waals surface area (Å²) in [5, 5.41) is 3.52. The Bertz CT molecular complexity index is 499. The first-order valence-electron chi connectivity index (χ1n) is 8.21. The fourth-order valence-electron chi connectivity index (χ4n) is 2.95. The lowest BCUT2D eigenvalue weighted by Crippen LogP contribution is -2.21. The first-order valence-corrected chi connectivity index (χ1v) is 8.61. The number of unbranched alkanes of at least 4 members (excludes halogenated alkanes) is 3. The highest BCUT2D eigenvalue weighted by molar-refractivity contribution is 7.80. The van der Waals surface area contributed by atoms with E-state index in [0.717, 1.165) is 30.6 Å². The van der Waals surface area contributed by atoms with Gasteiger partial charge in [0.15, 0.2) is 0 Å². The highest BCUT2D eigenvalue weighted by atomic mass is 32.1. The van der Waals surface area contributed by atoms with Gasteiger partial charge in [-0.2, -0.15) is 0 Å².